The number of hydrogen-bond donors (Lipinski definition) is 1. The van der Waals surface area contributed by atoms with Gasteiger partial charge in [0.15, 0.2) is 5.17 Å². The quantitative estimate of drug-likeness (QED) is 0.831. The molecule has 16 heavy (non-hydrogen) atoms. The maximum atomic E-state index is 11.0. The summed E-state index contributed by atoms with van der Waals surface area (Å²) in [7, 11) is -2.90. The Bertz CT molecular complexity index is 365. The van der Waals surface area contributed by atoms with Gasteiger partial charge >= 0.3 is 0 Å². The van der Waals surface area contributed by atoms with Gasteiger partial charge in [-0.25, -0.2) is 8.42 Å². The predicted octanol–water partition coefficient (Wildman–Crippen LogP) is 1.28. The van der Waals surface area contributed by atoms with Gasteiger partial charge in [-0.1, -0.05) is 18.7 Å². The molecule has 1 aliphatic rings. The molecule has 1 heterocycles. The van der Waals surface area contributed by atoms with Gasteiger partial charge in [0.05, 0.1) is 12.3 Å². The highest BCUT2D eigenvalue weighted by molar-refractivity contribution is 8.13. The Hall–Kier alpha value is -0.230. The van der Waals surface area contributed by atoms with Crippen LogP contribution in [-0.4, -0.2) is 43.4 Å². The minimum absolute atomic E-state index is 0.120. The molecule has 0 radical (unpaired) electrons. The van der Waals surface area contributed by atoms with Crippen LogP contribution >= 0.6 is 11.8 Å². The zero-order chi connectivity index (χ0) is 12.2. The lowest BCUT2D eigenvalue weighted by Crippen LogP contribution is -2.48. The lowest BCUT2D eigenvalue weighted by Gasteiger charge is -2.35. The Labute approximate surface area is 102 Å². The van der Waals surface area contributed by atoms with E-state index in [-0.39, 0.29) is 11.3 Å². The van der Waals surface area contributed by atoms with Gasteiger partial charge in [-0.3, -0.25) is 4.99 Å². The van der Waals surface area contributed by atoms with E-state index in [2.05, 4.69) is 24.2 Å². The van der Waals surface area contributed by atoms with Gasteiger partial charge < -0.3 is 5.32 Å². The first-order valence-corrected chi connectivity index (χ1v) is 8.52. The molecule has 0 aromatic rings. The number of aliphatic imine (C=N–C) groups is 1. The van der Waals surface area contributed by atoms with Crippen molar-refractivity contribution >= 4 is 26.8 Å². The molecule has 0 spiro atoms. The molecule has 0 amide bonds. The lowest BCUT2D eigenvalue weighted by atomic mass is 9.96. The summed E-state index contributed by atoms with van der Waals surface area (Å²) in [6.07, 6.45) is 3.42. The van der Waals surface area contributed by atoms with E-state index in [1.807, 2.05) is 0 Å². The summed E-state index contributed by atoms with van der Waals surface area (Å²) in [5.41, 5.74) is 0.120. The van der Waals surface area contributed by atoms with Crippen LogP contribution in [0, 0.1) is 0 Å². The maximum absolute atomic E-state index is 11.0. The standard InChI is InChI=1S/C10H20N2O2S2/c1-4-10(2)5-7-15-9(12-10)11-6-8-16(3,13)14/h4-8H2,1-3H3,(H,11,12). The smallest absolute Gasteiger partial charge is 0.156 e. The van der Waals surface area contributed by atoms with Crippen LogP contribution in [0.2, 0.25) is 0 Å². The summed E-state index contributed by atoms with van der Waals surface area (Å²) < 4.78 is 21.9. The van der Waals surface area contributed by atoms with Crippen LogP contribution in [0.3, 0.4) is 0 Å². The average Bonchev–Trinajstić information content (AvgIpc) is 2.16. The summed E-state index contributed by atoms with van der Waals surface area (Å²) in [6.45, 7) is 4.68. The van der Waals surface area contributed by atoms with Crippen molar-refractivity contribution in [2.24, 2.45) is 4.99 Å². The lowest BCUT2D eigenvalue weighted by molar-refractivity contribution is 0.390. The average molecular weight is 264 g/mol. The normalized spacial score (nSPS) is 29.1. The fourth-order valence-electron chi connectivity index (χ4n) is 1.39. The third-order valence-electron chi connectivity index (χ3n) is 2.80. The number of nitrogens with zero attached hydrogens (tertiary/aromatic N) is 1. The molecule has 0 aromatic heterocycles. The van der Waals surface area contributed by atoms with Gasteiger partial charge in [-0.15, -0.1) is 0 Å². The Kier molecular flexibility index (Phi) is 4.67. The number of sulfone groups is 1. The molecule has 4 nitrogen and oxygen atoms in total. The van der Waals surface area contributed by atoms with E-state index in [0.29, 0.717) is 6.54 Å². The van der Waals surface area contributed by atoms with Crippen LogP contribution < -0.4 is 5.32 Å². The first-order valence-electron chi connectivity index (χ1n) is 5.48. The summed E-state index contributed by atoms with van der Waals surface area (Å²) in [6, 6.07) is 0. The zero-order valence-corrected chi connectivity index (χ0v) is 11.7. The Morgan fingerprint density at radius 2 is 2.25 bits per heavy atom. The van der Waals surface area contributed by atoms with Gasteiger partial charge in [0, 0.05) is 17.5 Å². The topological polar surface area (TPSA) is 58.5 Å². The highest BCUT2D eigenvalue weighted by Gasteiger charge is 2.27. The molecule has 1 aliphatic heterocycles. The first-order chi connectivity index (χ1) is 7.35. The molecule has 1 rings (SSSR count). The van der Waals surface area contributed by atoms with Crippen molar-refractivity contribution < 1.29 is 8.42 Å². The highest BCUT2D eigenvalue weighted by Crippen LogP contribution is 2.24. The molecular weight excluding hydrogens is 244 g/mol. The molecule has 94 valence electrons. The Morgan fingerprint density at radius 3 is 2.81 bits per heavy atom. The van der Waals surface area contributed by atoms with E-state index >= 15 is 0 Å². The van der Waals surface area contributed by atoms with E-state index in [1.54, 1.807) is 11.8 Å². The minimum atomic E-state index is -2.90. The van der Waals surface area contributed by atoms with Gasteiger partial charge in [-0.05, 0) is 19.8 Å². The molecule has 0 aromatic carbocycles. The molecule has 1 unspecified atom stereocenters. The fourth-order valence-corrected chi connectivity index (χ4v) is 3.06. The second-order valence-corrected chi connectivity index (χ2v) is 7.80. The Morgan fingerprint density at radius 1 is 1.56 bits per heavy atom. The van der Waals surface area contributed by atoms with E-state index in [9.17, 15) is 8.42 Å². The van der Waals surface area contributed by atoms with Crippen LogP contribution in [0.25, 0.3) is 0 Å². The van der Waals surface area contributed by atoms with Crippen LogP contribution in [0.4, 0.5) is 0 Å². The fraction of sp³-hybridized carbons (Fsp3) is 0.900. The second kappa shape index (κ2) is 5.40. The van der Waals surface area contributed by atoms with E-state index < -0.39 is 9.84 Å². The molecule has 1 saturated heterocycles. The minimum Gasteiger partial charge on any atom is -0.360 e. The molecule has 0 bridgehead atoms. The number of rotatable bonds is 4. The molecule has 0 saturated carbocycles. The van der Waals surface area contributed by atoms with E-state index in [4.69, 9.17) is 0 Å². The second-order valence-electron chi connectivity index (χ2n) is 4.45. The summed E-state index contributed by atoms with van der Waals surface area (Å²) in [5.74, 6) is 1.18. The Balaban J connectivity index is 2.51. The maximum Gasteiger partial charge on any atom is 0.156 e. The van der Waals surface area contributed by atoms with Crippen molar-refractivity contribution in [3.63, 3.8) is 0 Å². The van der Waals surface area contributed by atoms with E-state index in [1.165, 1.54) is 6.26 Å². The van der Waals surface area contributed by atoms with Crippen molar-refractivity contribution in [3.05, 3.63) is 0 Å². The zero-order valence-electron chi connectivity index (χ0n) is 10.1. The van der Waals surface area contributed by atoms with Crippen LogP contribution in [0.1, 0.15) is 26.7 Å². The van der Waals surface area contributed by atoms with Gasteiger partial charge in [0.25, 0.3) is 0 Å². The monoisotopic (exact) mass is 264 g/mol. The third-order valence-corrected chi connectivity index (χ3v) is 4.64. The van der Waals surface area contributed by atoms with E-state index in [0.717, 1.165) is 23.8 Å². The third kappa shape index (κ3) is 4.74. The van der Waals surface area contributed by atoms with Crippen LogP contribution in [-0.2, 0) is 9.84 Å². The van der Waals surface area contributed by atoms with Crippen molar-refractivity contribution in [2.45, 2.75) is 32.2 Å². The van der Waals surface area contributed by atoms with Crippen molar-refractivity contribution in [1.82, 2.24) is 5.32 Å². The molecule has 1 atom stereocenters. The van der Waals surface area contributed by atoms with Crippen molar-refractivity contribution in [2.75, 3.05) is 24.3 Å². The van der Waals surface area contributed by atoms with Gasteiger partial charge in [0.2, 0.25) is 0 Å². The number of nitrogens with one attached hydrogen (secondary N) is 1. The molecular formula is C10H20N2O2S2. The largest absolute Gasteiger partial charge is 0.360 e. The molecule has 0 aliphatic carbocycles. The summed E-state index contributed by atoms with van der Waals surface area (Å²) in [4.78, 5) is 4.30. The van der Waals surface area contributed by atoms with Crippen molar-refractivity contribution in [1.29, 1.82) is 0 Å². The molecule has 1 N–H and O–H groups in total. The molecule has 6 heteroatoms. The van der Waals surface area contributed by atoms with Gasteiger partial charge in [0.1, 0.15) is 9.84 Å². The number of hydrogen-bond acceptors (Lipinski definition) is 4. The highest BCUT2D eigenvalue weighted by atomic mass is 32.2. The predicted molar refractivity (Wildman–Crippen MR) is 70.9 cm³/mol. The molecule has 1 fully saturated rings. The SMILES string of the molecule is CCC1(C)CCSC(=NCCS(C)(=O)=O)N1. The van der Waals surface area contributed by atoms with Crippen LogP contribution in [0.5, 0.6) is 0 Å². The summed E-state index contributed by atoms with van der Waals surface area (Å²) in [5, 5.41) is 4.27. The van der Waals surface area contributed by atoms with Crippen LogP contribution in [0.15, 0.2) is 4.99 Å². The number of amidine groups is 1. The van der Waals surface area contributed by atoms with Crippen molar-refractivity contribution in [3.8, 4) is 0 Å². The van der Waals surface area contributed by atoms with Gasteiger partial charge in [-0.2, -0.15) is 0 Å². The first kappa shape index (κ1) is 13.8. The summed E-state index contributed by atoms with van der Waals surface area (Å²) >= 11 is 1.68. The number of thioether (sulfide) groups is 1.